The fourth-order valence-electron chi connectivity index (χ4n) is 3.25. The molecule has 1 amide bonds. The molecule has 0 spiro atoms. The number of hydrogen-bond acceptors (Lipinski definition) is 5. The number of thioether (sulfide) groups is 1. The average molecular weight is 408 g/mol. The summed E-state index contributed by atoms with van der Waals surface area (Å²) in [7, 11) is 0. The lowest BCUT2D eigenvalue weighted by Gasteiger charge is -2.35. The third kappa shape index (κ3) is 4.65. The minimum absolute atomic E-state index is 0.172. The van der Waals surface area contributed by atoms with Gasteiger partial charge in [-0.1, -0.05) is 42.4 Å². The van der Waals surface area contributed by atoms with Crippen LogP contribution in [0.2, 0.25) is 5.02 Å². The second-order valence-electron chi connectivity index (χ2n) is 6.58. The van der Waals surface area contributed by atoms with Gasteiger partial charge in [-0.05, 0) is 32.5 Å². The molecule has 0 N–H and O–H groups in total. The van der Waals surface area contributed by atoms with E-state index in [-0.39, 0.29) is 11.2 Å². The summed E-state index contributed by atoms with van der Waals surface area (Å²) in [6, 6.07) is 7.60. The third-order valence-corrected chi connectivity index (χ3v) is 6.18. The summed E-state index contributed by atoms with van der Waals surface area (Å²) in [6.07, 6.45) is 0. The highest BCUT2D eigenvalue weighted by Crippen LogP contribution is 2.28. The summed E-state index contributed by atoms with van der Waals surface area (Å²) in [5, 5.41) is 9.92. The van der Waals surface area contributed by atoms with E-state index in [0.717, 1.165) is 55.8 Å². The molecule has 1 aromatic heterocycles. The van der Waals surface area contributed by atoms with Crippen molar-refractivity contribution < 1.29 is 4.79 Å². The van der Waals surface area contributed by atoms with Gasteiger partial charge in [0, 0.05) is 43.3 Å². The Kier molecular flexibility index (Phi) is 6.78. The zero-order valence-corrected chi connectivity index (χ0v) is 17.6. The van der Waals surface area contributed by atoms with Crippen molar-refractivity contribution in [3.05, 3.63) is 29.3 Å². The Morgan fingerprint density at radius 1 is 1.19 bits per heavy atom. The van der Waals surface area contributed by atoms with Crippen LogP contribution in [0.4, 0.5) is 0 Å². The first-order valence-electron chi connectivity index (χ1n) is 9.40. The normalized spacial score (nSPS) is 16.5. The molecule has 1 atom stereocenters. The number of benzene rings is 1. The standard InChI is InChI=1S/C19H26ClN5OS/c1-4-23-9-11-24(12-10-23)18(26)14(3)27-19-22-21-17(25(19)5-2)15-7-6-8-16(20)13-15/h6-8,13-14H,4-5,9-12H2,1-3H3/t14-/m1/s1. The molecule has 1 aliphatic rings. The van der Waals surface area contributed by atoms with E-state index in [9.17, 15) is 4.79 Å². The van der Waals surface area contributed by atoms with Gasteiger partial charge in [0.1, 0.15) is 0 Å². The lowest BCUT2D eigenvalue weighted by atomic mass is 10.2. The molecule has 0 aliphatic carbocycles. The quantitative estimate of drug-likeness (QED) is 0.688. The predicted octanol–water partition coefficient (Wildman–Crippen LogP) is 3.26. The summed E-state index contributed by atoms with van der Waals surface area (Å²) in [6.45, 7) is 11.4. The Morgan fingerprint density at radius 2 is 1.93 bits per heavy atom. The van der Waals surface area contributed by atoms with E-state index >= 15 is 0 Å². The number of amides is 1. The van der Waals surface area contributed by atoms with E-state index in [0.29, 0.717) is 5.02 Å². The number of nitrogens with zero attached hydrogens (tertiary/aromatic N) is 5. The molecule has 1 saturated heterocycles. The van der Waals surface area contributed by atoms with Crippen molar-refractivity contribution in [1.29, 1.82) is 0 Å². The van der Waals surface area contributed by atoms with Crippen molar-refractivity contribution in [2.45, 2.75) is 37.7 Å². The first-order valence-corrected chi connectivity index (χ1v) is 10.7. The van der Waals surface area contributed by atoms with Gasteiger partial charge in [-0.25, -0.2) is 0 Å². The Bertz CT molecular complexity index is 788. The molecular formula is C19H26ClN5OS. The van der Waals surface area contributed by atoms with Crippen LogP contribution < -0.4 is 0 Å². The molecule has 0 unspecified atom stereocenters. The SMILES string of the molecule is CCN1CCN(C(=O)[C@@H](C)Sc2nnc(-c3cccc(Cl)c3)n2CC)CC1. The van der Waals surface area contributed by atoms with Crippen molar-refractivity contribution >= 4 is 29.3 Å². The van der Waals surface area contributed by atoms with Gasteiger partial charge in [0.15, 0.2) is 11.0 Å². The number of carbonyl (C=O) groups excluding carboxylic acids is 1. The van der Waals surface area contributed by atoms with Gasteiger partial charge in [0.05, 0.1) is 5.25 Å². The van der Waals surface area contributed by atoms with E-state index in [4.69, 9.17) is 11.6 Å². The molecule has 1 fully saturated rings. The fraction of sp³-hybridized carbons (Fsp3) is 0.526. The van der Waals surface area contributed by atoms with Crippen LogP contribution in [0.1, 0.15) is 20.8 Å². The van der Waals surface area contributed by atoms with Crippen molar-refractivity contribution in [3.63, 3.8) is 0 Å². The third-order valence-electron chi connectivity index (χ3n) is 4.88. The van der Waals surface area contributed by atoms with Crippen LogP contribution in [0.15, 0.2) is 29.4 Å². The Morgan fingerprint density at radius 3 is 2.56 bits per heavy atom. The maximum absolute atomic E-state index is 12.8. The number of halogens is 1. The van der Waals surface area contributed by atoms with E-state index in [1.54, 1.807) is 0 Å². The second-order valence-corrected chi connectivity index (χ2v) is 8.32. The van der Waals surface area contributed by atoms with Crippen molar-refractivity contribution in [2.75, 3.05) is 32.7 Å². The topological polar surface area (TPSA) is 54.3 Å². The van der Waals surface area contributed by atoms with Crippen molar-refractivity contribution in [2.24, 2.45) is 0 Å². The molecule has 0 bridgehead atoms. The summed E-state index contributed by atoms with van der Waals surface area (Å²) in [5.74, 6) is 0.949. The molecule has 2 heterocycles. The van der Waals surface area contributed by atoms with Gasteiger partial charge < -0.3 is 14.4 Å². The van der Waals surface area contributed by atoms with Crippen LogP contribution in [0.5, 0.6) is 0 Å². The molecule has 27 heavy (non-hydrogen) atoms. The monoisotopic (exact) mass is 407 g/mol. The highest BCUT2D eigenvalue weighted by molar-refractivity contribution is 8.00. The van der Waals surface area contributed by atoms with Gasteiger partial charge >= 0.3 is 0 Å². The van der Waals surface area contributed by atoms with Crippen LogP contribution in [0, 0.1) is 0 Å². The maximum atomic E-state index is 12.8. The average Bonchev–Trinajstić information content (AvgIpc) is 3.10. The summed E-state index contributed by atoms with van der Waals surface area (Å²) < 4.78 is 2.04. The van der Waals surface area contributed by atoms with Gasteiger partial charge in [0.2, 0.25) is 5.91 Å². The van der Waals surface area contributed by atoms with Crippen molar-refractivity contribution in [1.82, 2.24) is 24.6 Å². The summed E-state index contributed by atoms with van der Waals surface area (Å²) in [5.41, 5.74) is 0.929. The Labute approximate surface area is 169 Å². The highest BCUT2D eigenvalue weighted by Gasteiger charge is 2.27. The molecule has 3 rings (SSSR count). The minimum Gasteiger partial charge on any atom is -0.339 e. The van der Waals surface area contributed by atoms with Crippen LogP contribution in [0.3, 0.4) is 0 Å². The number of hydrogen-bond donors (Lipinski definition) is 0. The molecular weight excluding hydrogens is 382 g/mol. The first kappa shape index (κ1) is 20.2. The molecule has 0 saturated carbocycles. The van der Waals surface area contributed by atoms with E-state index in [2.05, 4.69) is 28.9 Å². The number of carbonyl (C=O) groups is 1. The lowest BCUT2D eigenvalue weighted by molar-refractivity contribution is -0.132. The number of likely N-dealkylation sites (N-methyl/N-ethyl adjacent to an activating group) is 1. The van der Waals surface area contributed by atoms with Crippen molar-refractivity contribution in [3.8, 4) is 11.4 Å². The molecule has 1 aromatic carbocycles. The van der Waals surface area contributed by atoms with Crippen LogP contribution in [-0.2, 0) is 11.3 Å². The molecule has 0 radical (unpaired) electrons. The number of rotatable bonds is 6. The van der Waals surface area contributed by atoms with Crippen LogP contribution in [0.25, 0.3) is 11.4 Å². The Hall–Kier alpha value is -1.57. The van der Waals surface area contributed by atoms with E-state index < -0.39 is 0 Å². The van der Waals surface area contributed by atoms with Gasteiger partial charge in [-0.15, -0.1) is 10.2 Å². The molecule has 6 nitrogen and oxygen atoms in total. The maximum Gasteiger partial charge on any atom is 0.235 e. The van der Waals surface area contributed by atoms with Gasteiger partial charge in [-0.3, -0.25) is 4.79 Å². The Balaban J connectivity index is 1.71. The molecule has 1 aliphatic heterocycles. The van der Waals surface area contributed by atoms with Crippen LogP contribution in [-0.4, -0.2) is 68.4 Å². The van der Waals surface area contributed by atoms with Crippen LogP contribution >= 0.6 is 23.4 Å². The lowest BCUT2D eigenvalue weighted by Crippen LogP contribution is -2.50. The number of aromatic nitrogens is 3. The molecule has 2 aromatic rings. The number of piperazine rings is 1. The largest absolute Gasteiger partial charge is 0.339 e. The van der Waals surface area contributed by atoms with E-state index in [1.165, 1.54) is 11.8 Å². The zero-order valence-electron chi connectivity index (χ0n) is 16.1. The van der Waals surface area contributed by atoms with Gasteiger partial charge in [0.25, 0.3) is 0 Å². The zero-order chi connectivity index (χ0) is 19.4. The summed E-state index contributed by atoms with van der Waals surface area (Å²) in [4.78, 5) is 17.2. The summed E-state index contributed by atoms with van der Waals surface area (Å²) >= 11 is 7.59. The highest BCUT2D eigenvalue weighted by atomic mass is 35.5. The second kappa shape index (κ2) is 9.08. The van der Waals surface area contributed by atoms with Gasteiger partial charge in [-0.2, -0.15) is 0 Å². The molecule has 8 heteroatoms. The minimum atomic E-state index is -0.195. The fourth-order valence-corrected chi connectivity index (χ4v) is 4.44. The smallest absolute Gasteiger partial charge is 0.235 e. The molecule has 146 valence electrons. The van der Waals surface area contributed by atoms with E-state index in [1.807, 2.05) is 40.7 Å². The predicted molar refractivity (Wildman–Crippen MR) is 110 cm³/mol. The first-order chi connectivity index (χ1) is 13.0.